The number of hydrogen-bond donors (Lipinski definition) is 0. The molecule has 3 aromatic carbocycles. The molecule has 0 saturated heterocycles. The second-order valence-corrected chi connectivity index (χ2v) is 8.17. The number of halogens is 2. The van der Waals surface area contributed by atoms with Gasteiger partial charge >= 0.3 is 0 Å². The standard InChI is InChI=1S/C25H15ClFN5O2/c26-19-12-16(8-9-20(19)27)24-28-23(34-30-24)14-31-10-11-32-22(25(31)33)13-21(29-32)18-7-3-5-15-4-1-2-6-17(15)18/h1-13H,14H2. The first-order valence-corrected chi connectivity index (χ1v) is 10.8. The molecular formula is C25H15ClFN5O2. The Morgan fingerprint density at radius 2 is 1.85 bits per heavy atom. The van der Waals surface area contributed by atoms with Crippen molar-refractivity contribution in [2.24, 2.45) is 0 Å². The fraction of sp³-hybridized carbons (Fsp3) is 0.0400. The van der Waals surface area contributed by atoms with Crippen LogP contribution >= 0.6 is 11.6 Å². The van der Waals surface area contributed by atoms with Gasteiger partial charge < -0.3 is 9.09 Å². The summed E-state index contributed by atoms with van der Waals surface area (Å²) in [7, 11) is 0. The Hall–Kier alpha value is -4.30. The molecule has 0 atom stereocenters. The van der Waals surface area contributed by atoms with Crippen molar-refractivity contribution < 1.29 is 8.91 Å². The molecule has 7 nitrogen and oxygen atoms in total. The third kappa shape index (κ3) is 3.45. The summed E-state index contributed by atoms with van der Waals surface area (Å²) in [6, 6.07) is 20.0. The van der Waals surface area contributed by atoms with Crippen LogP contribution in [0.1, 0.15) is 5.89 Å². The second-order valence-electron chi connectivity index (χ2n) is 7.76. The molecule has 166 valence electrons. The van der Waals surface area contributed by atoms with Gasteiger partial charge in [0.15, 0.2) is 0 Å². The summed E-state index contributed by atoms with van der Waals surface area (Å²) in [5, 5.41) is 10.7. The number of hydrogen-bond acceptors (Lipinski definition) is 5. The third-order valence-electron chi connectivity index (χ3n) is 5.62. The van der Waals surface area contributed by atoms with Crippen LogP contribution in [0.2, 0.25) is 5.02 Å². The quantitative estimate of drug-likeness (QED) is 0.353. The van der Waals surface area contributed by atoms with E-state index in [-0.39, 0.29) is 28.8 Å². The molecular weight excluding hydrogens is 457 g/mol. The highest BCUT2D eigenvalue weighted by Crippen LogP contribution is 2.28. The van der Waals surface area contributed by atoms with Gasteiger partial charge in [0.05, 0.1) is 10.7 Å². The summed E-state index contributed by atoms with van der Waals surface area (Å²) in [6.45, 7) is 0.0754. The molecule has 0 fully saturated rings. The van der Waals surface area contributed by atoms with E-state index in [1.54, 1.807) is 23.0 Å². The Kier molecular flexibility index (Phi) is 4.74. The van der Waals surface area contributed by atoms with Crippen LogP contribution in [0.5, 0.6) is 0 Å². The first-order valence-electron chi connectivity index (χ1n) is 10.4. The molecule has 6 aromatic rings. The Balaban J connectivity index is 1.35. The van der Waals surface area contributed by atoms with Gasteiger partial charge in [-0.1, -0.05) is 59.2 Å². The Morgan fingerprint density at radius 1 is 1.00 bits per heavy atom. The maximum atomic E-state index is 13.4. The lowest BCUT2D eigenvalue weighted by molar-refractivity contribution is 0.370. The van der Waals surface area contributed by atoms with Crippen LogP contribution in [0.15, 0.2) is 88.4 Å². The van der Waals surface area contributed by atoms with Crippen LogP contribution in [0.25, 0.3) is 38.9 Å². The van der Waals surface area contributed by atoms with E-state index in [0.29, 0.717) is 16.8 Å². The average molecular weight is 472 g/mol. The molecule has 0 radical (unpaired) electrons. The Labute approximate surface area is 196 Å². The monoisotopic (exact) mass is 471 g/mol. The van der Waals surface area contributed by atoms with E-state index in [1.165, 1.54) is 22.8 Å². The molecule has 9 heteroatoms. The summed E-state index contributed by atoms with van der Waals surface area (Å²) in [5.74, 6) is -0.0398. The van der Waals surface area contributed by atoms with Crippen molar-refractivity contribution in [3.63, 3.8) is 0 Å². The highest BCUT2D eigenvalue weighted by Gasteiger charge is 2.15. The Morgan fingerprint density at radius 3 is 2.74 bits per heavy atom. The van der Waals surface area contributed by atoms with Crippen LogP contribution in [0.4, 0.5) is 4.39 Å². The molecule has 0 amide bonds. The van der Waals surface area contributed by atoms with E-state index in [1.807, 2.05) is 42.5 Å². The van der Waals surface area contributed by atoms with Crippen LogP contribution < -0.4 is 5.56 Å². The SMILES string of the molecule is O=c1c2cc(-c3cccc4ccccc34)nn2ccn1Cc1nc(-c2ccc(F)c(Cl)c2)no1. The van der Waals surface area contributed by atoms with Crippen LogP contribution in [-0.4, -0.2) is 24.3 Å². The van der Waals surface area contributed by atoms with Gasteiger partial charge in [-0.05, 0) is 35.0 Å². The van der Waals surface area contributed by atoms with Crippen LogP contribution in [0.3, 0.4) is 0 Å². The molecule has 0 aliphatic carbocycles. The summed E-state index contributed by atoms with van der Waals surface area (Å²) >= 11 is 5.84. The maximum absolute atomic E-state index is 13.4. The van der Waals surface area contributed by atoms with Crippen molar-refractivity contribution in [3.8, 4) is 22.6 Å². The van der Waals surface area contributed by atoms with Gasteiger partial charge in [-0.25, -0.2) is 8.91 Å². The number of rotatable bonds is 4. The number of fused-ring (bicyclic) bond motifs is 2. The third-order valence-corrected chi connectivity index (χ3v) is 5.91. The normalized spacial score (nSPS) is 11.5. The van der Waals surface area contributed by atoms with E-state index >= 15 is 0 Å². The summed E-state index contributed by atoms with van der Waals surface area (Å²) < 4.78 is 21.8. The van der Waals surface area contributed by atoms with Gasteiger partial charge in [-0.2, -0.15) is 10.1 Å². The first kappa shape index (κ1) is 20.3. The zero-order chi connectivity index (χ0) is 23.2. The molecule has 0 N–H and O–H groups in total. The minimum absolute atomic E-state index is 0.0340. The van der Waals surface area contributed by atoms with Gasteiger partial charge in [-0.3, -0.25) is 4.79 Å². The van der Waals surface area contributed by atoms with E-state index in [2.05, 4.69) is 15.2 Å². The molecule has 0 aliphatic rings. The molecule has 0 aliphatic heterocycles. The Bertz CT molecular complexity index is 1750. The molecule has 6 rings (SSSR count). The molecule has 3 aromatic heterocycles. The smallest absolute Gasteiger partial charge is 0.277 e. The van der Waals surface area contributed by atoms with Crippen molar-refractivity contribution in [1.82, 2.24) is 24.3 Å². The molecule has 3 heterocycles. The highest BCUT2D eigenvalue weighted by molar-refractivity contribution is 6.31. The lowest BCUT2D eigenvalue weighted by Crippen LogP contribution is -2.21. The van der Waals surface area contributed by atoms with Gasteiger partial charge in [-0.15, -0.1) is 0 Å². The van der Waals surface area contributed by atoms with Gasteiger partial charge in [0.25, 0.3) is 5.56 Å². The predicted octanol–water partition coefficient (Wildman–Crippen LogP) is 5.21. The van der Waals surface area contributed by atoms with E-state index < -0.39 is 5.82 Å². The minimum atomic E-state index is -0.530. The van der Waals surface area contributed by atoms with Gasteiger partial charge in [0.1, 0.15) is 17.9 Å². The zero-order valence-corrected chi connectivity index (χ0v) is 18.3. The molecule has 34 heavy (non-hydrogen) atoms. The topological polar surface area (TPSA) is 78.2 Å². The van der Waals surface area contributed by atoms with Crippen molar-refractivity contribution in [2.75, 3.05) is 0 Å². The summed E-state index contributed by atoms with van der Waals surface area (Å²) in [6.07, 6.45) is 3.33. The van der Waals surface area contributed by atoms with Crippen molar-refractivity contribution >= 4 is 27.9 Å². The van der Waals surface area contributed by atoms with E-state index in [9.17, 15) is 9.18 Å². The summed E-state index contributed by atoms with van der Waals surface area (Å²) in [4.78, 5) is 17.5. The minimum Gasteiger partial charge on any atom is -0.337 e. The molecule has 0 bridgehead atoms. The lowest BCUT2D eigenvalue weighted by atomic mass is 10.0. The van der Waals surface area contributed by atoms with Crippen molar-refractivity contribution in [1.29, 1.82) is 0 Å². The fourth-order valence-electron chi connectivity index (χ4n) is 3.95. The number of benzene rings is 3. The molecule has 0 spiro atoms. The fourth-order valence-corrected chi connectivity index (χ4v) is 4.13. The zero-order valence-electron chi connectivity index (χ0n) is 17.5. The molecule has 0 unspecified atom stereocenters. The number of nitrogens with zero attached hydrogens (tertiary/aromatic N) is 5. The lowest BCUT2D eigenvalue weighted by Gasteiger charge is -2.03. The predicted molar refractivity (Wildman–Crippen MR) is 126 cm³/mol. The largest absolute Gasteiger partial charge is 0.337 e. The number of aromatic nitrogens is 5. The van der Waals surface area contributed by atoms with Crippen LogP contribution in [-0.2, 0) is 6.54 Å². The second kappa shape index (κ2) is 7.93. The average Bonchev–Trinajstić information content (AvgIpc) is 3.50. The molecule has 0 saturated carbocycles. The van der Waals surface area contributed by atoms with Crippen molar-refractivity contribution in [2.45, 2.75) is 6.54 Å². The first-order chi connectivity index (χ1) is 16.6. The van der Waals surface area contributed by atoms with Crippen LogP contribution in [0, 0.1) is 5.82 Å². The summed E-state index contributed by atoms with van der Waals surface area (Å²) in [5.41, 5.74) is 2.36. The van der Waals surface area contributed by atoms with E-state index in [4.69, 9.17) is 16.1 Å². The van der Waals surface area contributed by atoms with Gasteiger partial charge in [0.2, 0.25) is 11.7 Å². The highest BCUT2D eigenvalue weighted by atomic mass is 35.5. The van der Waals surface area contributed by atoms with Crippen molar-refractivity contribution in [3.05, 3.63) is 106 Å². The van der Waals surface area contributed by atoms with Gasteiger partial charge in [0, 0.05) is 23.5 Å². The maximum Gasteiger partial charge on any atom is 0.277 e. The van der Waals surface area contributed by atoms with E-state index in [0.717, 1.165) is 16.3 Å².